The first-order chi connectivity index (χ1) is 16.0. The molecule has 0 bridgehead atoms. The molecule has 2 aromatic rings. The number of ether oxygens (including phenoxy) is 1. The number of phenols is 1. The lowest BCUT2D eigenvalue weighted by Gasteiger charge is -2.23. The van der Waals surface area contributed by atoms with Crippen LogP contribution in [0.2, 0.25) is 0 Å². The molecule has 34 heavy (non-hydrogen) atoms. The molecule has 2 N–H and O–H groups in total. The molecule has 2 aromatic carbocycles. The van der Waals surface area contributed by atoms with Crippen molar-refractivity contribution in [3.8, 4) is 22.6 Å². The van der Waals surface area contributed by atoms with E-state index >= 15 is 0 Å². The van der Waals surface area contributed by atoms with E-state index in [4.69, 9.17) is 9.26 Å². The molecule has 186 valence electrons. The Morgan fingerprint density at radius 2 is 1.91 bits per heavy atom. The third-order valence-electron chi connectivity index (χ3n) is 5.46. The predicted octanol–water partition coefficient (Wildman–Crippen LogP) is 6.88. The van der Waals surface area contributed by atoms with E-state index in [2.05, 4.69) is 18.6 Å². The molecule has 0 aliphatic rings. The average Bonchev–Trinajstić information content (AvgIpc) is 2.73. The van der Waals surface area contributed by atoms with Gasteiger partial charge in [0.25, 0.3) is 0 Å². The fraction of sp³-hybridized carbons (Fsp3) is 0.444. The van der Waals surface area contributed by atoms with E-state index < -0.39 is 19.5 Å². The largest absolute Gasteiger partial charge is 0.507 e. The Kier molecular flexibility index (Phi) is 9.96. The molecule has 0 radical (unpaired) electrons. The van der Waals surface area contributed by atoms with E-state index in [1.54, 1.807) is 19.9 Å². The molecule has 0 aliphatic heterocycles. The summed E-state index contributed by atoms with van der Waals surface area (Å²) in [7, 11) is -3.50. The highest BCUT2D eigenvalue weighted by molar-refractivity contribution is 7.56. The minimum Gasteiger partial charge on any atom is -0.507 e. The molecule has 6 nitrogen and oxygen atoms in total. The number of rotatable bonds is 12. The van der Waals surface area contributed by atoms with Crippen molar-refractivity contribution in [2.75, 3.05) is 13.3 Å². The van der Waals surface area contributed by atoms with Crippen LogP contribution in [0, 0.1) is 6.92 Å². The number of esters is 1. The van der Waals surface area contributed by atoms with Crippen LogP contribution in [0.4, 0.5) is 0 Å². The maximum Gasteiger partial charge on any atom is 0.323 e. The third kappa shape index (κ3) is 7.48. The lowest BCUT2D eigenvalue weighted by molar-refractivity contribution is -0.144. The summed E-state index contributed by atoms with van der Waals surface area (Å²) < 4.78 is 24.5. The second kappa shape index (κ2) is 12.2. The number of carbonyl (C=O) groups excluding carboxylic acids is 1. The van der Waals surface area contributed by atoms with E-state index in [9.17, 15) is 14.5 Å². The molecular weight excluding hydrogens is 449 g/mol. The number of carbonyl (C=O) groups is 1. The molecule has 0 fully saturated rings. The second-order valence-corrected chi connectivity index (χ2v) is 10.9. The SMILES string of the molecule is C=C(C)c1ccc(C)cc1-c1c(O)cc(CCCCC)cc1OP(C)(=O)N[C@@H](C)C(=O)OCC. The van der Waals surface area contributed by atoms with E-state index in [1.807, 2.05) is 38.1 Å². The third-order valence-corrected chi connectivity index (χ3v) is 6.86. The molecule has 0 aliphatic carbocycles. The van der Waals surface area contributed by atoms with Gasteiger partial charge in [-0.15, -0.1) is 0 Å². The molecule has 0 aromatic heterocycles. The number of unbranched alkanes of at least 4 members (excludes halogenated alkanes) is 2. The molecular formula is C27H38NO5P. The van der Waals surface area contributed by atoms with Crippen LogP contribution in [0.3, 0.4) is 0 Å². The fourth-order valence-corrected chi connectivity index (χ4v) is 5.23. The Labute approximate surface area is 203 Å². The second-order valence-electron chi connectivity index (χ2n) is 8.81. The zero-order valence-corrected chi connectivity index (χ0v) is 22.1. The highest BCUT2D eigenvalue weighted by Gasteiger charge is 2.28. The topological polar surface area (TPSA) is 84.9 Å². The predicted molar refractivity (Wildman–Crippen MR) is 140 cm³/mol. The molecule has 0 saturated carbocycles. The van der Waals surface area contributed by atoms with Crippen molar-refractivity contribution in [3.05, 3.63) is 53.6 Å². The van der Waals surface area contributed by atoms with Crippen LogP contribution in [0.15, 0.2) is 36.9 Å². The highest BCUT2D eigenvalue weighted by atomic mass is 31.2. The van der Waals surface area contributed by atoms with Crippen molar-refractivity contribution < 1.29 is 23.7 Å². The molecule has 1 unspecified atom stereocenters. The summed E-state index contributed by atoms with van der Waals surface area (Å²) >= 11 is 0. The van der Waals surface area contributed by atoms with Gasteiger partial charge in [-0.2, -0.15) is 0 Å². The standard InChI is InChI=1S/C27H38NO5P/c1-8-10-11-12-21-16-24(29)26(23-15-19(5)13-14-22(23)18(3)4)25(17-21)33-34(7,31)28-20(6)27(30)32-9-2/h13-17,20,29H,3,8-12H2,1-2,4-7H3,(H,28,31)/t20-,34?/m0/s1. The molecule has 0 saturated heterocycles. The van der Waals surface area contributed by atoms with Gasteiger partial charge in [0, 0.05) is 6.66 Å². The first-order valence-electron chi connectivity index (χ1n) is 11.8. The number of benzene rings is 2. The Bertz CT molecular complexity index is 1080. The number of hydrogen-bond donors (Lipinski definition) is 2. The van der Waals surface area contributed by atoms with Crippen LogP contribution in [-0.4, -0.2) is 30.4 Å². The normalized spacial score (nSPS) is 13.7. The first kappa shape index (κ1) is 27.7. The number of allylic oxidation sites excluding steroid dienone is 1. The lowest BCUT2D eigenvalue weighted by Crippen LogP contribution is -2.34. The maximum absolute atomic E-state index is 13.4. The van der Waals surface area contributed by atoms with Crippen LogP contribution in [-0.2, 0) is 20.5 Å². The average molecular weight is 488 g/mol. The lowest BCUT2D eigenvalue weighted by atomic mass is 9.91. The van der Waals surface area contributed by atoms with Crippen molar-refractivity contribution in [2.24, 2.45) is 0 Å². The van der Waals surface area contributed by atoms with Crippen LogP contribution >= 0.6 is 7.52 Å². The van der Waals surface area contributed by atoms with Gasteiger partial charge in [0.05, 0.1) is 12.2 Å². The van der Waals surface area contributed by atoms with Gasteiger partial charge in [0.2, 0.25) is 0 Å². The molecule has 0 spiro atoms. The molecule has 2 atom stereocenters. The summed E-state index contributed by atoms with van der Waals surface area (Å²) in [6, 6.07) is 8.67. The van der Waals surface area contributed by atoms with E-state index in [0.29, 0.717) is 11.3 Å². The minimum atomic E-state index is -3.50. The number of nitrogens with one attached hydrogen (secondary N) is 1. The van der Waals surface area contributed by atoms with Crippen LogP contribution in [0.5, 0.6) is 11.5 Å². The number of phenolic OH excluding ortho intramolecular Hbond substituents is 1. The summed E-state index contributed by atoms with van der Waals surface area (Å²) in [6.07, 6.45) is 3.89. The minimum absolute atomic E-state index is 0.0514. The number of aromatic hydroxyl groups is 1. The van der Waals surface area contributed by atoms with Crippen LogP contribution in [0.25, 0.3) is 16.7 Å². The van der Waals surface area contributed by atoms with E-state index in [1.165, 1.54) is 6.66 Å². The summed E-state index contributed by atoms with van der Waals surface area (Å²) in [5.74, 6) is -0.155. The molecule has 0 amide bonds. The Morgan fingerprint density at radius 3 is 2.53 bits per heavy atom. The molecule has 0 heterocycles. The summed E-state index contributed by atoms with van der Waals surface area (Å²) in [6.45, 7) is 15.0. The van der Waals surface area contributed by atoms with E-state index in [-0.39, 0.29) is 12.4 Å². The number of hydrogen-bond acceptors (Lipinski definition) is 5. The van der Waals surface area contributed by atoms with Gasteiger partial charge < -0.3 is 14.4 Å². The smallest absolute Gasteiger partial charge is 0.323 e. The monoisotopic (exact) mass is 487 g/mol. The van der Waals surface area contributed by atoms with Crippen molar-refractivity contribution in [3.63, 3.8) is 0 Å². The Morgan fingerprint density at radius 1 is 1.21 bits per heavy atom. The zero-order chi connectivity index (χ0) is 25.5. The van der Waals surface area contributed by atoms with Crippen molar-refractivity contribution in [1.82, 2.24) is 5.09 Å². The van der Waals surface area contributed by atoms with Gasteiger partial charge in [-0.25, -0.2) is 5.09 Å². The van der Waals surface area contributed by atoms with Crippen molar-refractivity contribution in [2.45, 2.75) is 66.3 Å². The Balaban J connectivity index is 2.57. The fourth-order valence-electron chi connectivity index (χ4n) is 3.85. The van der Waals surface area contributed by atoms with Gasteiger partial charge in [-0.05, 0) is 69.4 Å². The quantitative estimate of drug-likeness (QED) is 0.193. The summed E-state index contributed by atoms with van der Waals surface area (Å²) in [4.78, 5) is 12.1. The van der Waals surface area contributed by atoms with Gasteiger partial charge in [-0.1, -0.05) is 55.7 Å². The van der Waals surface area contributed by atoms with Gasteiger partial charge >= 0.3 is 13.5 Å². The molecule has 7 heteroatoms. The van der Waals surface area contributed by atoms with E-state index in [0.717, 1.165) is 53.5 Å². The first-order valence-corrected chi connectivity index (χ1v) is 13.9. The number of aryl methyl sites for hydroxylation is 2. The van der Waals surface area contributed by atoms with Gasteiger partial charge in [-0.3, -0.25) is 9.36 Å². The summed E-state index contributed by atoms with van der Waals surface area (Å²) in [5, 5.41) is 13.9. The highest BCUT2D eigenvalue weighted by Crippen LogP contribution is 2.48. The van der Waals surface area contributed by atoms with Crippen molar-refractivity contribution in [1.29, 1.82) is 0 Å². The van der Waals surface area contributed by atoms with Crippen LogP contribution in [0.1, 0.15) is 63.6 Å². The van der Waals surface area contributed by atoms with Gasteiger partial charge in [0.15, 0.2) is 0 Å². The van der Waals surface area contributed by atoms with Crippen molar-refractivity contribution >= 4 is 19.1 Å². The molecule has 2 rings (SSSR count). The zero-order valence-electron chi connectivity index (χ0n) is 21.2. The maximum atomic E-state index is 13.4. The summed E-state index contributed by atoms with van der Waals surface area (Å²) in [5.41, 5.74) is 4.80. The van der Waals surface area contributed by atoms with Crippen LogP contribution < -0.4 is 9.61 Å². The Hall–Kier alpha value is -2.56. The van der Waals surface area contributed by atoms with Gasteiger partial charge in [0.1, 0.15) is 17.5 Å².